The number of methoxy groups -OCH3 is 1. The maximum Gasteiger partial charge on any atom is 0.258 e. The number of hydrogen-bond donors (Lipinski definition) is 2. The molecule has 43 heavy (non-hydrogen) atoms. The molecule has 14 heteroatoms. The third kappa shape index (κ3) is 7.67. The van der Waals surface area contributed by atoms with Crippen molar-refractivity contribution in [3.8, 4) is 11.6 Å². The van der Waals surface area contributed by atoms with Gasteiger partial charge in [0.05, 0.1) is 31.8 Å². The van der Waals surface area contributed by atoms with Crippen molar-refractivity contribution in [1.29, 1.82) is 0 Å². The maximum atomic E-state index is 12.4. The fourth-order valence-corrected chi connectivity index (χ4v) is 6.17. The van der Waals surface area contributed by atoms with Gasteiger partial charge >= 0.3 is 0 Å². The van der Waals surface area contributed by atoms with Crippen molar-refractivity contribution >= 4 is 53.1 Å². The molecule has 3 aromatic rings. The number of anilines is 5. The van der Waals surface area contributed by atoms with Crippen LogP contribution in [0.3, 0.4) is 0 Å². The molecule has 0 saturated carbocycles. The highest BCUT2D eigenvalue weighted by Gasteiger charge is 2.27. The number of likely N-dealkylation sites (N-methyl/N-ethyl adjacent to an activating group) is 1. The molecule has 0 bridgehead atoms. The van der Waals surface area contributed by atoms with Gasteiger partial charge in [0.1, 0.15) is 23.3 Å². The van der Waals surface area contributed by atoms with Crippen molar-refractivity contribution in [3.05, 3.63) is 35.6 Å². The molecule has 2 N–H and O–H groups in total. The summed E-state index contributed by atoms with van der Waals surface area (Å²) in [5.74, 6) is 1.84. The molecule has 0 atom stereocenters. The molecule has 232 valence electrons. The quantitative estimate of drug-likeness (QED) is 0.311. The zero-order valence-electron chi connectivity index (χ0n) is 25.5. The normalized spacial score (nSPS) is 17.1. The number of piperazine rings is 1. The molecular weight excluding hydrogens is 589 g/mol. The van der Waals surface area contributed by atoms with Crippen LogP contribution in [0.4, 0.5) is 29.0 Å². The number of halogens is 1. The number of aromatic nitrogens is 4. The molecule has 2 aliphatic rings. The molecule has 4 heterocycles. The van der Waals surface area contributed by atoms with Crippen LogP contribution in [0.1, 0.15) is 19.8 Å². The lowest BCUT2D eigenvalue weighted by molar-refractivity contribution is 0.0982. The highest BCUT2D eigenvalue weighted by Crippen LogP contribution is 2.37. The number of ether oxygens (including phenoxy) is 2. The second kappa shape index (κ2) is 13.6. The van der Waals surface area contributed by atoms with Gasteiger partial charge in [-0.15, -0.1) is 0 Å². The summed E-state index contributed by atoms with van der Waals surface area (Å²) in [5, 5.41) is 6.68. The number of hydrogen-bond acceptors (Lipinski definition) is 12. The van der Waals surface area contributed by atoms with E-state index in [-0.39, 0.29) is 11.8 Å². The van der Waals surface area contributed by atoms with Crippen molar-refractivity contribution < 1.29 is 14.0 Å². The van der Waals surface area contributed by atoms with Gasteiger partial charge in [-0.1, -0.05) is 11.6 Å². The number of rotatable bonds is 10. The number of nitrogens with zero attached hydrogens (tertiary/aromatic N) is 7. The molecule has 2 saturated heterocycles. The van der Waals surface area contributed by atoms with Crippen LogP contribution in [-0.4, -0.2) is 109 Å². The summed E-state index contributed by atoms with van der Waals surface area (Å²) in [6.07, 6.45) is 5.28. The zero-order valence-corrected chi connectivity index (χ0v) is 27.2. The molecule has 0 aliphatic carbocycles. The Kier molecular flexibility index (Phi) is 9.91. The summed E-state index contributed by atoms with van der Waals surface area (Å²) >= 11 is 6.49. The number of benzene rings is 1. The average Bonchev–Trinajstić information content (AvgIpc) is 3.00. The maximum absolute atomic E-state index is 12.4. The van der Waals surface area contributed by atoms with Crippen LogP contribution in [0.2, 0.25) is 5.02 Å². The lowest BCUT2D eigenvalue weighted by Gasteiger charge is -2.42. The Labute approximate surface area is 258 Å². The summed E-state index contributed by atoms with van der Waals surface area (Å²) < 4.78 is 23.8. The van der Waals surface area contributed by atoms with Crippen molar-refractivity contribution in [1.82, 2.24) is 29.7 Å². The van der Waals surface area contributed by atoms with Crippen LogP contribution in [0, 0.1) is 0 Å². The number of piperidine rings is 1. The van der Waals surface area contributed by atoms with Gasteiger partial charge in [0, 0.05) is 57.1 Å². The van der Waals surface area contributed by atoms with Crippen LogP contribution in [-0.2, 0) is 4.57 Å². The minimum Gasteiger partial charge on any atom is -0.492 e. The van der Waals surface area contributed by atoms with Gasteiger partial charge in [0.15, 0.2) is 11.6 Å². The van der Waals surface area contributed by atoms with Crippen molar-refractivity contribution in [2.24, 2.45) is 0 Å². The van der Waals surface area contributed by atoms with E-state index < -0.39 is 7.14 Å². The second-order valence-corrected chi connectivity index (χ2v) is 14.8. The Balaban J connectivity index is 1.29. The summed E-state index contributed by atoms with van der Waals surface area (Å²) in [4.78, 5) is 25.0. The molecule has 5 rings (SSSR count). The first-order valence-corrected chi connectivity index (χ1v) is 17.6. The second-order valence-electron chi connectivity index (χ2n) is 11.2. The number of nitrogens with one attached hydrogen (secondary N) is 2. The molecule has 0 spiro atoms. The van der Waals surface area contributed by atoms with Crippen LogP contribution in [0.15, 0.2) is 30.6 Å². The molecule has 12 nitrogen and oxygen atoms in total. The minimum atomic E-state index is -2.61. The molecule has 2 aromatic heterocycles. The Morgan fingerprint density at radius 2 is 1.74 bits per heavy atom. The molecule has 0 amide bonds. The average molecular weight is 630 g/mol. The Morgan fingerprint density at radius 1 is 1.00 bits per heavy atom. The van der Waals surface area contributed by atoms with Crippen molar-refractivity contribution in [2.75, 3.05) is 88.9 Å². The molecule has 0 radical (unpaired) electrons. The smallest absolute Gasteiger partial charge is 0.258 e. The Morgan fingerprint density at radius 3 is 2.42 bits per heavy atom. The minimum absolute atomic E-state index is 0.191. The van der Waals surface area contributed by atoms with Crippen molar-refractivity contribution in [2.45, 2.75) is 25.8 Å². The first kappa shape index (κ1) is 31.3. The van der Waals surface area contributed by atoms with E-state index in [1.807, 2.05) is 13.0 Å². The fraction of sp³-hybridized carbons (Fsp3) is 0.517. The van der Waals surface area contributed by atoms with E-state index in [1.165, 1.54) is 19.5 Å². The lowest BCUT2D eigenvalue weighted by atomic mass is 10.0. The first-order chi connectivity index (χ1) is 20.6. The van der Waals surface area contributed by atoms with Crippen LogP contribution in [0.25, 0.3) is 0 Å². The van der Waals surface area contributed by atoms with Gasteiger partial charge in [0.25, 0.3) is 5.88 Å². The Bertz CT molecular complexity index is 1460. The van der Waals surface area contributed by atoms with E-state index in [0.717, 1.165) is 69.2 Å². The molecular formula is C29H41ClN9O3P. The summed E-state index contributed by atoms with van der Waals surface area (Å²) in [6.45, 7) is 12.4. The van der Waals surface area contributed by atoms with E-state index >= 15 is 0 Å². The van der Waals surface area contributed by atoms with Gasteiger partial charge in [-0.25, -0.2) is 15.0 Å². The van der Waals surface area contributed by atoms with Crippen LogP contribution >= 0.6 is 18.7 Å². The van der Waals surface area contributed by atoms with E-state index in [0.29, 0.717) is 34.7 Å². The zero-order chi connectivity index (χ0) is 30.6. The summed E-state index contributed by atoms with van der Waals surface area (Å²) in [5.41, 5.74) is 2.26. The summed E-state index contributed by atoms with van der Waals surface area (Å²) in [7, 11) is 1.07. The lowest BCUT2D eigenvalue weighted by Crippen LogP contribution is -2.52. The molecule has 0 unspecified atom stereocenters. The van der Waals surface area contributed by atoms with E-state index in [9.17, 15) is 4.57 Å². The standard InChI is InChI=1S/C29H41ClN9O3P/c1-6-42-24-17-21(38-11-9-20(10-12-38)39-15-13-37(2)14-16-39)7-8-23(24)33-26-22(30)18-32-29(35-26)36-27-28(41-3)34-25(19-31-27)43(4,5)40/h7-8,17-20H,6,9-16H2,1-5H3,(H2,31,32,33,35,36). The van der Waals surface area contributed by atoms with Gasteiger partial charge in [-0.05, 0) is 52.3 Å². The van der Waals surface area contributed by atoms with Gasteiger partial charge in [-0.3, -0.25) is 4.90 Å². The van der Waals surface area contributed by atoms with Gasteiger partial charge in [0.2, 0.25) is 5.95 Å². The van der Waals surface area contributed by atoms with Crippen molar-refractivity contribution in [3.63, 3.8) is 0 Å². The third-order valence-electron chi connectivity index (χ3n) is 7.85. The van der Waals surface area contributed by atoms with Crippen LogP contribution in [0.5, 0.6) is 11.6 Å². The monoisotopic (exact) mass is 629 g/mol. The largest absolute Gasteiger partial charge is 0.492 e. The topological polar surface area (TPSA) is 121 Å². The van der Waals surface area contributed by atoms with E-state index in [2.05, 4.69) is 64.4 Å². The SMILES string of the molecule is CCOc1cc(N2CCC(N3CCN(C)CC3)CC2)ccc1Nc1nc(Nc2ncc(P(C)(C)=O)nc2OC)ncc1Cl. The first-order valence-electron chi connectivity index (χ1n) is 14.6. The Hall–Kier alpha value is -3.18. The van der Waals surface area contributed by atoms with E-state index in [4.69, 9.17) is 21.1 Å². The predicted molar refractivity (Wildman–Crippen MR) is 173 cm³/mol. The third-order valence-corrected chi connectivity index (χ3v) is 9.44. The molecule has 2 aliphatic heterocycles. The fourth-order valence-electron chi connectivity index (χ4n) is 5.36. The van der Waals surface area contributed by atoms with E-state index in [1.54, 1.807) is 13.3 Å². The molecule has 2 fully saturated rings. The highest BCUT2D eigenvalue weighted by atomic mass is 35.5. The van der Waals surface area contributed by atoms with Crippen LogP contribution < -0.4 is 30.4 Å². The van der Waals surface area contributed by atoms with Gasteiger partial charge in [-0.2, -0.15) is 4.98 Å². The summed E-state index contributed by atoms with van der Waals surface area (Å²) in [6, 6.07) is 6.85. The van der Waals surface area contributed by atoms with Gasteiger partial charge < -0.3 is 34.5 Å². The predicted octanol–water partition coefficient (Wildman–Crippen LogP) is 4.28. The molecule has 1 aromatic carbocycles. The highest BCUT2D eigenvalue weighted by molar-refractivity contribution is 7.69.